The zero-order valence-electron chi connectivity index (χ0n) is 9.69. The van der Waals surface area contributed by atoms with E-state index in [1.165, 1.54) is 12.1 Å². The number of hydrogen-bond donors (Lipinski definition) is 0. The molecule has 0 saturated carbocycles. The van der Waals surface area contributed by atoms with Crippen molar-refractivity contribution in [3.05, 3.63) is 42.2 Å². The molecule has 0 atom stereocenters. The second-order valence-corrected chi connectivity index (χ2v) is 3.95. The summed E-state index contributed by atoms with van der Waals surface area (Å²) in [6, 6.07) is 4.69. The topological polar surface area (TPSA) is 27.1 Å². The van der Waals surface area contributed by atoms with Crippen molar-refractivity contribution >= 4 is 12.4 Å². The first-order valence-electron chi connectivity index (χ1n) is 5.35. The van der Waals surface area contributed by atoms with E-state index in [0.29, 0.717) is 5.75 Å². The van der Waals surface area contributed by atoms with Gasteiger partial charge in [0.15, 0.2) is 0 Å². The minimum Gasteiger partial charge on any atom is -0.489 e. The highest BCUT2D eigenvalue weighted by molar-refractivity contribution is 6.73. The zero-order chi connectivity index (χ0) is 13.2. The van der Waals surface area contributed by atoms with Gasteiger partial charge >= 0.3 is 6.98 Å². The summed E-state index contributed by atoms with van der Waals surface area (Å²) in [4.78, 5) is 0. The maximum atomic E-state index is 12.4. The molecule has 1 heterocycles. The van der Waals surface area contributed by atoms with Crippen LogP contribution in [0.15, 0.2) is 36.7 Å². The third-order valence-electron chi connectivity index (χ3n) is 2.42. The van der Waals surface area contributed by atoms with Crippen LogP contribution in [0, 0.1) is 0 Å². The molecule has 0 saturated heterocycles. The van der Waals surface area contributed by atoms with Gasteiger partial charge in [-0.25, -0.2) is 0 Å². The number of aromatic nitrogens is 2. The van der Waals surface area contributed by atoms with Crippen molar-refractivity contribution < 1.29 is 17.7 Å². The van der Waals surface area contributed by atoms with Gasteiger partial charge < -0.3 is 17.7 Å². The largest absolute Gasteiger partial charge is 0.509 e. The van der Waals surface area contributed by atoms with E-state index < -0.39 is 12.4 Å². The maximum Gasteiger partial charge on any atom is 0.509 e. The van der Waals surface area contributed by atoms with Crippen LogP contribution >= 0.6 is 0 Å². The molecule has 1 aromatic carbocycles. The summed E-state index contributed by atoms with van der Waals surface area (Å²) < 4.78 is 44.1. The van der Waals surface area contributed by atoms with Crippen LogP contribution in [-0.2, 0) is 13.7 Å². The third-order valence-corrected chi connectivity index (χ3v) is 2.42. The molecule has 18 heavy (non-hydrogen) atoms. The van der Waals surface area contributed by atoms with E-state index in [2.05, 4.69) is 5.10 Å². The fourth-order valence-corrected chi connectivity index (χ4v) is 1.50. The lowest BCUT2D eigenvalue weighted by molar-refractivity contribution is 0.306. The number of benzene rings is 1. The molecule has 1 aromatic heterocycles. The molecule has 3 nitrogen and oxygen atoms in total. The molecule has 0 aliphatic rings. The Morgan fingerprint density at radius 3 is 2.39 bits per heavy atom. The Labute approximate surface area is 102 Å². The summed E-state index contributed by atoms with van der Waals surface area (Å²) in [5.74, 6) is 0.405. The monoisotopic (exact) mass is 255 g/mol. The second kappa shape index (κ2) is 4.76. The molecule has 0 N–H and O–H groups in total. The van der Waals surface area contributed by atoms with Gasteiger partial charge in [0.1, 0.15) is 12.4 Å². The Hall–Kier alpha value is -1.92. The molecule has 0 aliphatic carbocycles. The van der Waals surface area contributed by atoms with Crippen molar-refractivity contribution in [2.24, 2.45) is 7.05 Å². The Morgan fingerprint density at radius 2 is 1.89 bits per heavy atom. The standard InChI is InChI=1S/C11H11BF3N2O/c1-17-7-9(6-16-17)8-18-11-4-2-10(3-5-11)12(13,14)15/h2-7H,8H2,1H3/q-1. The van der Waals surface area contributed by atoms with Gasteiger partial charge in [0.25, 0.3) is 0 Å². The van der Waals surface area contributed by atoms with Crippen LogP contribution in [0.25, 0.3) is 0 Å². The molecule has 96 valence electrons. The number of aryl methyl sites for hydroxylation is 1. The van der Waals surface area contributed by atoms with E-state index >= 15 is 0 Å². The van der Waals surface area contributed by atoms with E-state index in [1.807, 2.05) is 0 Å². The quantitative estimate of drug-likeness (QED) is 0.782. The SMILES string of the molecule is Cn1cc(COc2ccc([B-](F)(F)F)cc2)cn1. The highest BCUT2D eigenvalue weighted by Crippen LogP contribution is 2.14. The van der Waals surface area contributed by atoms with Crippen molar-refractivity contribution in [1.29, 1.82) is 0 Å². The molecule has 0 spiro atoms. The van der Waals surface area contributed by atoms with E-state index in [4.69, 9.17) is 4.74 Å². The summed E-state index contributed by atoms with van der Waals surface area (Å²) in [7, 11) is 1.78. The number of ether oxygens (including phenoxy) is 1. The van der Waals surface area contributed by atoms with Crippen LogP contribution in [-0.4, -0.2) is 16.8 Å². The number of halogens is 3. The molecule has 0 radical (unpaired) electrons. The highest BCUT2D eigenvalue weighted by atomic mass is 19.4. The Kier molecular flexibility index (Phi) is 3.31. The smallest absolute Gasteiger partial charge is 0.489 e. The first-order chi connectivity index (χ1) is 8.45. The van der Waals surface area contributed by atoms with Gasteiger partial charge in [-0.1, -0.05) is 12.1 Å². The number of hydrogen-bond acceptors (Lipinski definition) is 2. The molecular weight excluding hydrogens is 244 g/mol. The van der Waals surface area contributed by atoms with Gasteiger partial charge in [0.05, 0.1) is 6.20 Å². The van der Waals surface area contributed by atoms with Crippen molar-refractivity contribution in [2.75, 3.05) is 0 Å². The van der Waals surface area contributed by atoms with Crippen molar-refractivity contribution in [3.8, 4) is 5.75 Å². The van der Waals surface area contributed by atoms with Crippen LogP contribution in [0.2, 0.25) is 0 Å². The molecule has 0 bridgehead atoms. The van der Waals surface area contributed by atoms with E-state index in [9.17, 15) is 12.9 Å². The van der Waals surface area contributed by atoms with E-state index in [0.717, 1.165) is 17.7 Å². The predicted molar refractivity (Wildman–Crippen MR) is 62.7 cm³/mol. The summed E-state index contributed by atoms with van der Waals surface area (Å²) >= 11 is 0. The van der Waals surface area contributed by atoms with Gasteiger partial charge in [-0.3, -0.25) is 4.68 Å². The van der Waals surface area contributed by atoms with Gasteiger partial charge in [-0.2, -0.15) is 5.10 Å². The van der Waals surface area contributed by atoms with Crippen molar-refractivity contribution in [3.63, 3.8) is 0 Å². The summed E-state index contributed by atoms with van der Waals surface area (Å²) in [5, 5.41) is 3.97. The minimum atomic E-state index is -4.94. The molecule has 0 unspecified atom stereocenters. The Morgan fingerprint density at radius 1 is 1.22 bits per heavy atom. The Bertz CT molecular complexity index is 522. The van der Waals surface area contributed by atoms with Crippen LogP contribution in [0.5, 0.6) is 5.75 Å². The van der Waals surface area contributed by atoms with Crippen LogP contribution in [0.1, 0.15) is 5.56 Å². The molecule has 0 amide bonds. The van der Waals surface area contributed by atoms with Gasteiger partial charge in [0.2, 0.25) is 0 Å². The Balaban J connectivity index is 1.98. The minimum absolute atomic E-state index is 0.282. The second-order valence-electron chi connectivity index (χ2n) is 3.95. The van der Waals surface area contributed by atoms with Crippen molar-refractivity contribution in [1.82, 2.24) is 9.78 Å². The molecule has 0 aliphatic heterocycles. The number of nitrogens with zero attached hydrogens (tertiary/aromatic N) is 2. The zero-order valence-corrected chi connectivity index (χ0v) is 9.69. The summed E-state index contributed by atoms with van der Waals surface area (Å²) in [6.07, 6.45) is 3.43. The number of rotatable bonds is 4. The fraction of sp³-hybridized carbons (Fsp3) is 0.182. The normalized spacial score (nSPS) is 11.6. The third kappa shape index (κ3) is 3.06. The predicted octanol–water partition coefficient (Wildman–Crippen LogP) is 2.05. The molecular formula is C11H11BF3N2O-. The molecule has 7 heteroatoms. The van der Waals surface area contributed by atoms with Crippen LogP contribution < -0.4 is 10.2 Å². The highest BCUT2D eigenvalue weighted by Gasteiger charge is 2.24. The lowest BCUT2D eigenvalue weighted by Gasteiger charge is -2.15. The molecule has 0 fully saturated rings. The average Bonchev–Trinajstić information content (AvgIpc) is 2.72. The fourth-order valence-electron chi connectivity index (χ4n) is 1.50. The van der Waals surface area contributed by atoms with Crippen molar-refractivity contribution in [2.45, 2.75) is 6.61 Å². The first kappa shape index (κ1) is 12.5. The lowest BCUT2D eigenvalue weighted by atomic mass is 9.80. The average molecular weight is 255 g/mol. The maximum absolute atomic E-state index is 12.4. The van der Waals surface area contributed by atoms with Gasteiger partial charge in [-0.15, -0.1) is 5.46 Å². The molecule has 2 aromatic rings. The van der Waals surface area contributed by atoms with Crippen LogP contribution in [0.3, 0.4) is 0 Å². The lowest BCUT2D eigenvalue weighted by Crippen LogP contribution is -2.33. The van der Waals surface area contributed by atoms with E-state index in [-0.39, 0.29) is 6.61 Å². The molecule has 2 rings (SSSR count). The van der Waals surface area contributed by atoms with E-state index in [1.54, 1.807) is 24.1 Å². The summed E-state index contributed by atoms with van der Waals surface area (Å²) in [5.41, 5.74) is 0.241. The van der Waals surface area contributed by atoms with Gasteiger partial charge in [-0.05, 0) is 12.1 Å². The summed E-state index contributed by atoms with van der Waals surface area (Å²) in [6.45, 7) is -4.66. The first-order valence-corrected chi connectivity index (χ1v) is 5.35. The van der Waals surface area contributed by atoms with Gasteiger partial charge in [0, 0.05) is 18.8 Å². The van der Waals surface area contributed by atoms with Crippen LogP contribution in [0.4, 0.5) is 12.9 Å².